The summed E-state index contributed by atoms with van der Waals surface area (Å²) in [6.07, 6.45) is 37.8. The number of unbranched alkanes of at least 4 members (excludes halogenated alkanes) is 28. The van der Waals surface area contributed by atoms with E-state index >= 15 is 0 Å². The lowest BCUT2D eigenvalue weighted by Crippen LogP contribution is -2.42. The van der Waals surface area contributed by atoms with Crippen molar-refractivity contribution in [1.29, 1.82) is 0 Å². The number of esters is 2. The van der Waals surface area contributed by atoms with Crippen LogP contribution < -0.4 is 11.2 Å². The third-order valence-corrected chi connectivity index (χ3v) is 10.4. The largest absolute Gasteiger partial charge is 0.462 e. The first-order valence-electron chi connectivity index (χ1n) is 22.3. The van der Waals surface area contributed by atoms with Gasteiger partial charge in [-0.2, -0.15) is 5.48 Å². The van der Waals surface area contributed by atoms with Gasteiger partial charge in [0.05, 0.1) is 6.61 Å². The summed E-state index contributed by atoms with van der Waals surface area (Å²) in [6.45, 7) is 8.23. The summed E-state index contributed by atoms with van der Waals surface area (Å²) >= 11 is 0. The predicted octanol–water partition coefficient (Wildman–Crippen LogP) is 13.1. The summed E-state index contributed by atoms with van der Waals surface area (Å²) < 4.78 is 21.6. The number of carbonyl (C=O) groups is 2. The summed E-state index contributed by atoms with van der Waals surface area (Å²) in [4.78, 5) is 35.3. The van der Waals surface area contributed by atoms with Gasteiger partial charge in [0.15, 0.2) is 6.10 Å². The van der Waals surface area contributed by atoms with Crippen LogP contribution in [-0.2, 0) is 28.2 Å². The molecule has 0 rings (SSSR count). The molecule has 0 aromatic rings. The molecule has 0 saturated heterocycles. The highest BCUT2D eigenvalue weighted by molar-refractivity contribution is 7.40. The molecular weight excluding hydrogens is 699 g/mol. The van der Waals surface area contributed by atoms with Crippen molar-refractivity contribution in [3.63, 3.8) is 0 Å². The fourth-order valence-corrected chi connectivity index (χ4v) is 6.87. The summed E-state index contributed by atoms with van der Waals surface area (Å²) in [7, 11) is -2.27. The van der Waals surface area contributed by atoms with Gasteiger partial charge >= 0.3 is 20.5 Å². The maximum atomic E-state index is 12.7. The third-order valence-electron chi connectivity index (χ3n) is 9.74. The lowest BCUT2D eigenvalue weighted by Gasteiger charge is -2.21. The molecule has 0 bridgehead atoms. The van der Waals surface area contributed by atoms with E-state index in [1.165, 1.54) is 154 Å². The highest BCUT2D eigenvalue weighted by Crippen LogP contribution is 2.31. The first kappa shape index (κ1) is 55.3. The molecule has 0 heterocycles. The van der Waals surface area contributed by atoms with Crippen molar-refractivity contribution in [3.8, 4) is 0 Å². The Bertz CT molecular complexity index is 799. The van der Waals surface area contributed by atoms with Crippen LogP contribution in [0.4, 0.5) is 0 Å². The molecule has 0 saturated carbocycles. The Balaban J connectivity index is 0. The van der Waals surface area contributed by atoms with E-state index in [9.17, 15) is 14.5 Å². The van der Waals surface area contributed by atoms with Crippen molar-refractivity contribution in [2.24, 2.45) is 5.73 Å². The average Bonchev–Trinajstić information content (AvgIpc) is 3.12. The minimum Gasteiger partial charge on any atom is -0.462 e. The molecule has 0 aliphatic heterocycles. The van der Waals surface area contributed by atoms with E-state index in [4.69, 9.17) is 24.4 Å². The van der Waals surface area contributed by atoms with Crippen molar-refractivity contribution < 1.29 is 33.1 Å². The predicted molar refractivity (Wildman–Crippen MR) is 229 cm³/mol. The van der Waals surface area contributed by atoms with Gasteiger partial charge in [-0.25, -0.2) is 4.62 Å². The van der Waals surface area contributed by atoms with Crippen LogP contribution in [0.25, 0.3) is 0 Å². The molecule has 0 aliphatic carbocycles. The van der Waals surface area contributed by atoms with Gasteiger partial charge in [0, 0.05) is 24.9 Å². The minimum absolute atomic E-state index is 0. The number of hydrogen-bond donors (Lipinski definition) is 3. The van der Waals surface area contributed by atoms with E-state index < -0.39 is 20.2 Å². The van der Waals surface area contributed by atoms with Gasteiger partial charge in [-0.3, -0.25) is 9.59 Å². The van der Waals surface area contributed by atoms with Crippen molar-refractivity contribution in [2.75, 3.05) is 19.8 Å². The second-order valence-corrected chi connectivity index (χ2v) is 17.0. The zero-order valence-corrected chi connectivity index (χ0v) is 36.1. The summed E-state index contributed by atoms with van der Waals surface area (Å²) in [5.74, 6) is -0.657. The van der Waals surface area contributed by atoms with E-state index in [1.54, 1.807) is 0 Å². The highest BCUT2D eigenvalue weighted by atomic mass is 31.2. The summed E-state index contributed by atoms with van der Waals surface area (Å²) in [6, 6.07) is 0. The standard InChI is InChI=1S/C43H87N2O7P.CH4/c1-5-7-9-11-13-15-17-19-21-23-25-27-29-31-33-35-41(46)49-37-40(38-50-53(48)52-45-39-43(3,4)44)51-42(47)36-34-32-30-28-26-24-22-20-18-16-14-12-10-8-6-2;/h40,45,48H,5-39,44H2,1-4H3;1H4. The van der Waals surface area contributed by atoms with Crippen molar-refractivity contribution >= 4 is 20.5 Å². The lowest BCUT2D eigenvalue weighted by molar-refractivity contribution is -0.161. The van der Waals surface area contributed by atoms with E-state index in [-0.39, 0.29) is 32.6 Å². The molecule has 0 fully saturated rings. The van der Waals surface area contributed by atoms with Crippen molar-refractivity contribution in [3.05, 3.63) is 0 Å². The first-order valence-corrected chi connectivity index (χ1v) is 23.5. The maximum absolute atomic E-state index is 12.7. The van der Waals surface area contributed by atoms with Crippen LogP contribution in [0.1, 0.15) is 241 Å². The molecule has 0 radical (unpaired) electrons. The number of ether oxygens (including phenoxy) is 2. The van der Waals surface area contributed by atoms with Gasteiger partial charge in [-0.1, -0.05) is 201 Å². The molecule has 10 heteroatoms. The normalized spacial score (nSPS) is 12.7. The van der Waals surface area contributed by atoms with Crippen LogP contribution in [0.2, 0.25) is 0 Å². The van der Waals surface area contributed by atoms with Crippen LogP contribution in [0.5, 0.6) is 0 Å². The summed E-state index contributed by atoms with van der Waals surface area (Å²) in [5, 5.41) is 0. The van der Waals surface area contributed by atoms with Crippen LogP contribution >= 0.6 is 8.60 Å². The van der Waals surface area contributed by atoms with Crippen molar-refractivity contribution in [2.45, 2.75) is 252 Å². The number of rotatable bonds is 42. The molecule has 324 valence electrons. The summed E-state index contributed by atoms with van der Waals surface area (Å²) in [5.41, 5.74) is 8.00. The van der Waals surface area contributed by atoms with E-state index in [1.807, 2.05) is 13.8 Å². The number of hydrogen-bond acceptors (Lipinski definition) is 9. The zero-order chi connectivity index (χ0) is 39.1. The van der Waals surface area contributed by atoms with E-state index in [2.05, 4.69) is 19.3 Å². The molecule has 4 N–H and O–H groups in total. The Hall–Kier alpha value is -0.830. The smallest absolute Gasteiger partial charge is 0.348 e. The van der Waals surface area contributed by atoms with Crippen LogP contribution in [0, 0.1) is 0 Å². The monoisotopic (exact) mass is 791 g/mol. The molecule has 0 amide bonds. The SMILES string of the molecule is C.CCCCCCCCCCCCCCCCCC(=O)OCC(COP(O)ONCC(C)(C)N)OC(=O)CCCCCCCCCCCCCCCCC. The number of nitrogens with two attached hydrogens (primary N) is 1. The van der Waals surface area contributed by atoms with Gasteiger partial charge in [0.2, 0.25) is 0 Å². The van der Waals surface area contributed by atoms with Gasteiger partial charge in [-0.05, 0) is 26.7 Å². The molecule has 2 atom stereocenters. The van der Waals surface area contributed by atoms with Gasteiger partial charge < -0.3 is 24.6 Å². The van der Waals surface area contributed by atoms with Crippen LogP contribution in [0.3, 0.4) is 0 Å². The Morgan fingerprint density at radius 1 is 0.574 bits per heavy atom. The minimum atomic E-state index is -2.27. The Labute approximate surface area is 336 Å². The zero-order valence-electron chi connectivity index (χ0n) is 35.2. The molecule has 0 spiro atoms. The second kappa shape index (κ2) is 41.8. The molecule has 0 aromatic heterocycles. The molecule has 9 nitrogen and oxygen atoms in total. The quantitative estimate of drug-likeness (QED) is 0.0239. The highest BCUT2D eigenvalue weighted by Gasteiger charge is 2.21. The third kappa shape index (κ3) is 43.9. The average molecular weight is 791 g/mol. The molecular formula is C44H91N2O7P. The fraction of sp³-hybridized carbons (Fsp3) is 0.955. The lowest BCUT2D eigenvalue weighted by atomic mass is 10.0. The van der Waals surface area contributed by atoms with E-state index in [0.717, 1.165) is 38.5 Å². The Morgan fingerprint density at radius 3 is 1.26 bits per heavy atom. The number of nitrogens with one attached hydrogen (secondary N) is 1. The Kier molecular flexibility index (Phi) is 42.8. The molecule has 0 aromatic carbocycles. The van der Waals surface area contributed by atoms with Gasteiger partial charge in [0.25, 0.3) is 0 Å². The second-order valence-electron chi connectivity index (χ2n) is 16.1. The fourth-order valence-electron chi connectivity index (χ4n) is 6.35. The van der Waals surface area contributed by atoms with Crippen LogP contribution in [-0.4, -0.2) is 48.2 Å². The number of carbonyl (C=O) groups excluding carboxylic acids is 2. The van der Waals surface area contributed by atoms with E-state index in [0.29, 0.717) is 19.4 Å². The van der Waals surface area contributed by atoms with Crippen molar-refractivity contribution in [1.82, 2.24) is 5.48 Å². The van der Waals surface area contributed by atoms with Crippen LogP contribution in [0.15, 0.2) is 0 Å². The molecule has 54 heavy (non-hydrogen) atoms. The maximum Gasteiger partial charge on any atom is 0.348 e. The number of hydroxylamine groups is 1. The Morgan fingerprint density at radius 2 is 0.907 bits per heavy atom. The first-order chi connectivity index (χ1) is 25.7. The molecule has 2 unspecified atom stereocenters. The van der Waals surface area contributed by atoms with Gasteiger partial charge in [-0.15, -0.1) is 0 Å². The molecule has 0 aliphatic rings. The topological polar surface area (TPSA) is 129 Å². The van der Waals surface area contributed by atoms with Gasteiger partial charge in [0.1, 0.15) is 6.61 Å².